The normalized spacial score (nSPS) is 18.8. The van der Waals surface area contributed by atoms with Gasteiger partial charge in [-0.25, -0.2) is 9.78 Å². The van der Waals surface area contributed by atoms with Crippen LogP contribution in [0.2, 0.25) is 0 Å². The van der Waals surface area contributed by atoms with Gasteiger partial charge in [0.05, 0.1) is 12.1 Å². The van der Waals surface area contributed by atoms with E-state index in [0.717, 1.165) is 31.2 Å². The Balaban J connectivity index is 1.27. The first-order valence-corrected chi connectivity index (χ1v) is 16.4. The number of aromatic nitrogens is 1. The number of likely N-dealkylation sites (tertiary alicyclic amines) is 1. The molecule has 0 bridgehead atoms. The first-order valence-electron chi connectivity index (χ1n) is 16.4. The third-order valence-corrected chi connectivity index (χ3v) is 8.98. The number of aliphatic hydroxyl groups excluding tert-OH is 1. The summed E-state index contributed by atoms with van der Waals surface area (Å²) < 4.78 is 11.0. The predicted molar refractivity (Wildman–Crippen MR) is 171 cm³/mol. The number of piperazine rings is 1. The predicted octanol–water partition coefficient (Wildman–Crippen LogP) is 1.36. The van der Waals surface area contributed by atoms with Crippen LogP contribution in [-0.4, -0.2) is 125 Å². The molecule has 3 heterocycles. The first kappa shape index (κ1) is 33.9. The number of pyridine rings is 1. The van der Waals surface area contributed by atoms with Gasteiger partial charge in [0.15, 0.2) is 6.61 Å². The van der Waals surface area contributed by atoms with Crippen LogP contribution < -0.4 is 15.4 Å². The average molecular weight is 653 g/mol. The second-order valence-electron chi connectivity index (χ2n) is 12.2. The molecule has 5 rings (SSSR count). The fraction of sp³-hybridized carbons (Fsp3) is 0.576. The number of aliphatic hydroxyl groups is 1. The Morgan fingerprint density at radius 1 is 1.00 bits per heavy atom. The van der Waals surface area contributed by atoms with E-state index < -0.39 is 24.1 Å². The smallest absolute Gasteiger partial charge is 0.409 e. The number of hydrogen-bond acceptors (Lipinski definition) is 9. The summed E-state index contributed by atoms with van der Waals surface area (Å²) in [4.78, 5) is 74.2. The number of benzene rings is 1. The van der Waals surface area contributed by atoms with Crippen molar-refractivity contribution in [3.8, 4) is 5.75 Å². The molecule has 1 aromatic carbocycles. The highest BCUT2D eigenvalue weighted by Crippen LogP contribution is 2.28. The number of hydrogen-bond donors (Lipinski definition) is 3. The molecule has 47 heavy (non-hydrogen) atoms. The number of nitrogens with zero attached hydrogens (tertiary/aromatic N) is 4. The molecule has 2 atom stereocenters. The number of fused-ring (bicyclic) bond motifs is 1. The van der Waals surface area contributed by atoms with Crippen LogP contribution in [0.5, 0.6) is 5.75 Å². The van der Waals surface area contributed by atoms with Crippen LogP contribution in [0.3, 0.4) is 0 Å². The number of rotatable bonds is 11. The molecule has 3 aliphatic rings. The molecule has 1 saturated carbocycles. The minimum Gasteiger partial charge on any atom is -0.483 e. The van der Waals surface area contributed by atoms with E-state index in [9.17, 15) is 29.1 Å². The fourth-order valence-electron chi connectivity index (χ4n) is 6.12. The lowest BCUT2D eigenvalue weighted by Crippen LogP contribution is -2.56. The van der Waals surface area contributed by atoms with Crippen molar-refractivity contribution in [2.24, 2.45) is 0 Å². The van der Waals surface area contributed by atoms with Crippen molar-refractivity contribution in [3.05, 3.63) is 35.5 Å². The van der Waals surface area contributed by atoms with Crippen LogP contribution >= 0.6 is 0 Å². The van der Waals surface area contributed by atoms with E-state index in [4.69, 9.17) is 9.47 Å². The quantitative estimate of drug-likeness (QED) is 0.324. The van der Waals surface area contributed by atoms with Gasteiger partial charge in [-0.2, -0.15) is 0 Å². The summed E-state index contributed by atoms with van der Waals surface area (Å²) in [6.07, 6.45) is 3.89. The summed E-state index contributed by atoms with van der Waals surface area (Å²) in [5.74, 6) is -1.21. The van der Waals surface area contributed by atoms with Crippen LogP contribution in [0, 0.1) is 6.92 Å². The van der Waals surface area contributed by atoms with Gasteiger partial charge in [0.25, 0.3) is 11.8 Å². The van der Waals surface area contributed by atoms with Gasteiger partial charge in [-0.15, -0.1) is 0 Å². The summed E-state index contributed by atoms with van der Waals surface area (Å²) in [6.45, 7) is 4.77. The van der Waals surface area contributed by atoms with Gasteiger partial charge < -0.3 is 39.9 Å². The van der Waals surface area contributed by atoms with E-state index in [1.54, 1.807) is 28.9 Å². The molecule has 14 nitrogen and oxygen atoms in total. The Hall–Kier alpha value is -4.46. The molecule has 14 heteroatoms. The highest BCUT2D eigenvalue weighted by molar-refractivity contribution is 5.99. The maximum absolute atomic E-state index is 13.5. The van der Waals surface area contributed by atoms with Gasteiger partial charge in [-0.3, -0.25) is 19.2 Å². The van der Waals surface area contributed by atoms with E-state index in [2.05, 4.69) is 15.6 Å². The van der Waals surface area contributed by atoms with Gasteiger partial charge in [-0.1, -0.05) is 6.07 Å². The summed E-state index contributed by atoms with van der Waals surface area (Å²) >= 11 is 0. The molecule has 1 aromatic heterocycles. The minimum atomic E-state index is -1.03. The number of amides is 5. The molecule has 0 radical (unpaired) electrons. The third-order valence-electron chi connectivity index (χ3n) is 8.98. The molecule has 0 spiro atoms. The Bertz CT molecular complexity index is 1490. The summed E-state index contributed by atoms with van der Waals surface area (Å²) in [7, 11) is 0. The Morgan fingerprint density at radius 2 is 1.74 bits per heavy atom. The molecule has 3 N–H and O–H groups in total. The second-order valence-corrected chi connectivity index (χ2v) is 12.2. The maximum Gasteiger partial charge on any atom is 0.409 e. The van der Waals surface area contributed by atoms with Crippen molar-refractivity contribution in [1.82, 2.24) is 30.3 Å². The number of carbonyl (C=O) groups is 5. The van der Waals surface area contributed by atoms with Crippen LogP contribution in [0.15, 0.2) is 24.3 Å². The monoisotopic (exact) mass is 652 g/mol. The highest BCUT2D eigenvalue weighted by Gasteiger charge is 2.36. The minimum absolute atomic E-state index is 0.0153. The molecule has 0 unspecified atom stereocenters. The van der Waals surface area contributed by atoms with Crippen LogP contribution in [0.4, 0.5) is 4.79 Å². The lowest BCUT2D eigenvalue weighted by molar-refractivity contribution is -0.140. The number of ether oxygens (including phenoxy) is 2. The number of nitrogens with one attached hydrogen (secondary N) is 2. The van der Waals surface area contributed by atoms with E-state index >= 15 is 0 Å². The molecule has 1 aliphatic carbocycles. The van der Waals surface area contributed by atoms with Gasteiger partial charge in [0.2, 0.25) is 11.8 Å². The zero-order valence-corrected chi connectivity index (χ0v) is 27.0. The Morgan fingerprint density at radius 3 is 2.43 bits per heavy atom. The highest BCUT2D eigenvalue weighted by atomic mass is 16.6. The van der Waals surface area contributed by atoms with Crippen molar-refractivity contribution < 1.29 is 38.6 Å². The lowest BCUT2D eigenvalue weighted by Gasteiger charge is -2.35. The molecule has 254 valence electrons. The van der Waals surface area contributed by atoms with Crippen molar-refractivity contribution in [1.29, 1.82) is 0 Å². The third kappa shape index (κ3) is 8.10. The Labute approximate surface area is 273 Å². The number of aryl methyl sites for hydroxylation is 1. The van der Waals surface area contributed by atoms with Crippen molar-refractivity contribution in [2.45, 2.75) is 70.5 Å². The molecule has 3 fully saturated rings. The fourth-order valence-corrected chi connectivity index (χ4v) is 6.12. The second kappa shape index (κ2) is 15.4. The van der Waals surface area contributed by atoms with Gasteiger partial charge >= 0.3 is 6.09 Å². The topological polar surface area (TPSA) is 171 Å². The van der Waals surface area contributed by atoms with Gasteiger partial charge in [0, 0.05) is 56.8 Å². The van der Waals surface area contributed by atoms with Crippen molar-refractivity contribution >= 4 is 40.6 Å². The van der Waals surface area contributed by atoms with Crippen molar-refractivity contribution in [3.63, 3.8) is 0 Å². The summed E-state index contributed by atoms with van der Waals surface area (Å²) in [5, 5.41) is 16.0. The largest absolute Gasteiger partial charge is 0.483 e. The Kier molecular flexibility index (Phi) is 11.1. The van der Waals surface area contributed by atoms with Crippen LogP contribution in [0.25, 0.3) is 10.9 Å². The van der Waals surface area contributed by atoms with Crippen LogP contribution in [-0.2, 0) is 19.1 Å². The van der Waals surface area contributed by atoms with E-state index in [1.807, 2.05) is 13.0 Å². The average Bonchev–Trinajstić information content (AvgIpc) is 3.55. The molecular formula is C33H44N6O8. The SMILES string of the molecule is CCOC(=O)N1CCN(C(=O)[C@H](CCO)NC(=O)c2cc(OCC(=O)N3CCC[C@H]3C(=O)NC3CCC3)c3ccc(C)cc3n2)CC1. The molecule has 5 amide bonds. The lowest BCUT2D eigenvalue weighted by atomic mass is 9.93. The standard InChI is InChI=1S/C33H44N6O8/c1-3-46-33(45)38-15-13-37(14-16-38)32(44)24(11-17-40)36-30(42)26-19-28(23-10-9-21(2)18-25(23)35-26)47-20-29(41)39-12-5-8-27(39)31(43)34-22-6-4-7-22/h9-10,18-19,22,24,27,40H,3-8,11-17,20H2,1-2H3,(H,34,43)(H,36,42)/t24-,27-/m0/s1. The first-order chi connectivity index (χ1) is 22.7. The molecule has 2 aromatic rings. The molecular weight excluding hydrogens is 608 g/mol. The summed E-state index contributed by atoms with van der Waals surface area (Å²) in [6, 6.07) is 5.53. The van der Waals surface area contributed by atoms with Crippen molar-refractivity contribution in [2.75, 3.05) is 52.5 Å². The zero-order valence-electron chi connectivity index (χ0n) is 27.0. The van der Waals surface area contributed by atoms with Crippen LogP contribution in [0.1, 0.15) is 61.5 Å². The molecule has 2 saturated heterocycles. The number of carbonyl (C=O) groups excluding carboxylic acids is 5. The zero-order chi connectivity index (χ0) is 33.5. The van der Waals surface area contributed by atoms with E-state index in [0.29, 0.717) is 37.0 Å². The summed E-state index contributed by atoms with van der Waals surface area (Å²) in [5.41, 5.74) is 1.35. The molecule has 2 aliphatic heterocycles. The maximum atomic E-state index is 13.5. The van der Waals surface area contributed by atoms with E-state index in [-0.39, 0.29) is 74.5 Å². The van der Waals surface area contributed by atoms with Gasteiger partial charge in [-0.05, 0) is 70.1 Å². The van der Waals surface area contributed by atoms with E-state index in [1.165, 1.54) is 11.0 Å². The van der Waals surface area contributed by atoms with Gasteiger partial charge in [0.1, 0.15) is 23.5 Å².